The molecule has 0 fully saturated rings. The SMILES string of the molecule is O=C(Cn1[nH]c(=O)ccc1=O)c1ccccc1Br. The summed E-state index contributed by atoms with van der Waals surface area (Å²) in [5.41, 5.74) is -0.376. The molecule has 1 N–H and O–H groups in total. The third kappa shape index (κ3) is 2.65. The highest BCUT2D eigenvalue weighted by Gasteiger charge is 2.11. The molecule has 0 unspecified atom stereocenters. The molecule has 0 radical (unpaired) electrons. The second kappa shape index (κ2) is 5.14. The summed E-state index contributed by atoms with van der Waals surface area (Å²) in [5.74, 6) is -0.258. The van der Waals surface area contributed by atoms with Crippen LogP contribution in [-0.2, 0) is 6.54 Å². The van der Waals surface area contributed by atoms with Crippen LogP contribution in [0, 0.1) is 0 Å². The molecular weight excluding hydrogens is 300 g/mol. The number of nitrogens with one attached hydrogen (secondary N) is 1. The van der Waals surface area contributed by atoms with Crippen LogP contribution in [0.5, 0.6) is 0 Å². The molecule has 0 atom stereocenters. The minimum absolute atomic E-state index is 0.197. The van der Waals surface area contributed by atoms with Crippen molar-refractivity contribution in [3.05, 3.63) is 67.1 Å². The number of benzene rings is 1. The number of halogens is 1. The number of aromatic amines is 1. The summed E-state index contributed by atoms with van der Waals surface area (Å²) in [4.78, 5) is 34.5. The molecule has 2 rings (SSSR count). The van der Waals surface area contributed by atoms with Crippen molar-refractivity contribution in [2.45, 2.75) is 6.54 Å². The lowest BCUT2D eigenvalue weighted by atomic mass is 10.1. The van der Waals surface area contributed by atoms with Crippen LogP contribution in [0.4, 0.5) is 0 Å². The van der Waals surface area contributed by atoms with Crippen LogP contribution in [0.3, 0.4) is 0 Å². The van der Waals surface area contributed by atoms with Gasteiger partial charge in [0.2, 0.25) is 0 Å². The number of hydrogen-bond donors (Lipinski definition) is 1. The molecule has 0 aliphatic rings. The van der Waals surface area contributed by atoms with E-state index < -0.39 is 11.1 Å². The number of ketones is 1. The largest absolute Gasteiger partial charge is 0.292 e. The van der Waals surface area contributed by atoms with Crippen LogP contribution in [-0.4, -0.2) is 15.6 Å². The van der Waals surface area contributed by atoms with Gasteiger partial charge in [-0.25, -0.2) is 4.68 Å². The predicted octanol–water partition coefficient (Wildman–Crippen LogP) is 1.18. The van der Waals surface area contributed by atoms with Crippen molar-refractivity contribution in [3.63, 3.8) is 0 Å². The Morgan fingerprint density at radius 1 is 1.17 bits per heavy atom. The Balaban J connectivity index is 2.33. The van der Waals surface area contributed by atoms with Gasteiger partial charge < -0.3 is 0 Å². The Kier molecular flexibility index (Phi) is 3.57. The number of Topliss-reactive ketones (excluding diaryl/α,β-unsaturated/α-hetero) is 1. The lowest BCUT2D eigenvalue weighted by Gasteiger charge is -2.05. The maximum Gasteiger partial charge on any atom is 0.265 e. The molecule has 0 aliphatic carbocycles. The second-order valence-electron chi connectivity index (χ2n) is 3.64. The van der Waals surface area contributed by atoms with E-state index in [1.54, 1.807) is 24.3 Å². The Morgan fingerprint density at radius 3 is 2.61 bits per heavy atom. The van der Waals surface area contributed by atoms with Crippen LogP contribution in [0.2, 0.25) is 0 Å². The number of nitrogens with zero attached hydrogens (tertiary/aromatic N) is 1. The lowest BCUT2D eigenvalue weighted by Crippen LogP contribution is -2.30. The summed E-state index contributed by atoms with van der Waals surface area (Å²) in [6, 6.07) is 9.17. The minimum Gasteiger partial charge on any atom is -0.292 e. The van der Waals surface area contributed by atoms with Crippen LogP contribution in [0.15, 0.2) is 50.5 Å². The zero-order valence-corrected chi connectivity index (χ0v) is 10.8. The molecule has 0 saturated carbocycles. The van der Waals surface area contributed by atoms with Gasteiger partial charge >= 0.3 is 0 Å². The molecule has 0 saturated heterocycles. The second-order valence-corrected chi connectivity index (χ2v) is 4.49. The zero-order chi connectivity index (χ0) is 13.1. The van der Waals surface area contributed by atoms with Crippen molar-refractivity contribution in [3.8, 4) is 0 Å². The first-order chi connectivity index (χ1) is 8.58. The lowest BCUT2D eigenvalue weighted by molar-refractivity contribution is 0.0964. The van der Waals surface area contributed by atoms with E-state index in [-0.39, 0.29) is 12.3 Å². The van der Waals surface area contributed by atoms with E-state index in [9.17, 15) is 14.4 Å². The maximum absolute atomic E-state index is 12.0. The standard InChI is InChI=1S/C12H9BrN2O3/c13-9-4-2-1-3-8(9)10(16)7-15-12(18)6-5-11(17)14-15/h1-6H,7H2,(H,14,17). The maximum atomic E-state index is 12.0. The van der Waals surface area contributed by atoms with Gasteiger partial charge in [0.15, 0.2) is 5.78 Å². The molecule has 1 aromatic carbocycles. The Labute approximate surface area is 110 Å². The van der Waals surface area contributed by atoms with Gasteiger partial charge in [-0.15, -0.1) is 0 Å². The van der Waals surface area contributed by atoms with E-state index in [1.165, 1.54) is 0 Å². The van der Waals surface area contributed by atoms with Crippen LogP contribution in [0.25, 0.3) is 0 Å². The summed E-state index contributed by atoms with van der Waals surface area (Å²) in [6.45, 7) is -0.197. The van der Waals surface area contributed by atoms with Gasteiger partial charge in [-0.05, 0) is 6.07 Å². The molecule has 92 valence electrons. The number of hydrogen-bond acceptors (Lipinski definition) is 3. The van der Waals surface area contributed by atoms with Gasteiger partial charge in [0.05, 0.1) is 0 Å². The molecule has 0 aliphatic heterocycles. The molecule has 18 heavy (non-hydrogen) atoms. The van der Waals surface area contributed by atoms with Crippen LogP contribution < -0.4 is 11.1 Å². The third-order valence-electron chi connectivity index (χ3n) is 2.36. The van der Waals surface area contributed by atoms with E-state index in [4.69, 9.17) is 0 Å². The first-order valence-corrected chi connectivity index (χ1v) is 5.95. The molecule has 0 amide bonds. The van der Waals surface area contributed by atoms with E-state index in [0.29, 0.717) is 10.0 Å². The van der Waals surface area contributed by atoms with Crippen molar-refractivity contribution in [2.75, 3.05) is 0 Å². The van der Waals surface area contributed by atoms with Gasteiger partial charge in [0, 0.05) is 22.2 Å². The fourth-order valence-corrected chi connectivity index (χ4v) is 2.00. The van der Waals surface area contributed by atoms with Gasteiger partial charge in [0.1, 0.15) is 6.54 Å². The molecule has 0 bridgehead atoms. The number of H-pyrrole nitrogens is 1. The van der Waals surface area contributed by atoms with Crippen molar-refractivity contribution in [1.29, 1.82) is 0 Å². The van der Waals surface area contributed by atoms with Gasteiger partial charge in [-0.2, -0.15) is 0 Å². The zero-order valence-electron chi connectivity index (χ0n) is 9.22. The molecule has 1 heterocycles. The molecule has 1 aromatic heterocycles. The third-order valence-corrected chi connectivity index (χ3v) is 3.06. The summed E-state index contributed by atoms with van der Waals surface area (Å²) >= 11 is 3.26. The fourth-order valence-electron chi connectivity index (χ4n) is 1.50. The van der Waals surface area contributed by atoms with E-state index in [1.807, 2.05) is 0 Å². The Hall–Kier alpha value is -1.95. The summed E-state index contributed by atoms with van der Waals surface area (Å²) in [6.07, 6.45) is 0. The number of carbonyl (C=O) groups is 1. The summed E-state index contributed by atoms with van der Waals surface area (Å²) in [7, 11) is 0. The van der Waals surface area contributed by atoms with Crippen LogP contribution >= 0.6 is 15.9 Å². The van der Waals surface area contributed by atoms with Crippen molar-refractivity contribution in [1.82, 2.24) is 9.78 Å². The normalized spacial score (nSPS) is 10.3. The summed E-state index contributed by atoms with van der Waals surface area (Å²) in [5, 5.41) is 2.31. The highest BCUT2D eigenvalue weighted by atomic mass is 79.9. The van der Waals surface area contributed by atoms with Crippen molar-refractivity contribution >= 4 is 21.7 Å². The van der Waals surface area contributed by atoms with E-state index >= 15 is 0 Å². The van der Waals surface area contributed by atoms with Gasteiger partial charge in [-0.3, -0.25) is 19.5 Å². The fraction of sp³-hybridized carbons (Fsp3) is 0.0833. The topological polar surface area (TPSA) is 71.9 Å². The average molecular weight is 309 g/mol. The molecule has 0 spiro atoms. The minimum atomic E-state index is -0.422. The van der Waals surface area contributed by atoms with E-state index in [0.717, 1.165) is 16.8 Å². The summed E-state index contributed by atoms with van der Waals surface area (Å²) < 4.78 is 1.64. The monoisotopic (exact) mass is 308 g/mol. The molecule has 6 heteroatoms. The van der Waals surface area contributed by atoms with Crippen LogP contribution in [0.1, 0.15) is 10.4 Å². The highest BCUT2D eigenvalue weighted by Crippen LogP contribution is 2.16. The van der Waals surface area contributed by atoms with Gasteiger partial charge in [0.25, 0.3) is 11.1 Å². The Bertz CT molecular complexity index is 703. The van der Waals surface area contributed by atoms with Crippen molar-refractivity contribution < 1.29 is 4.79 Å². The quantitative estimate of drug-likeness (QED) is 0.866. The molecule has 2 aromatic rings. The first-order valence-electron chi connectivity index (χ1n) is 5.16. The number of rotatable bonds is 3. The van der Waals surface area contributed by atoms with Gasteiger partial charge in [-0.1, -0.05) is 34.1 Å². The predicted molar refractivity (Wildman–Crippen MR) is 69.8 cm³/mol. The molecule has 5 nitrogen and oxygen atoms in total. The average Bonchev–Trinajstić information content (AvgIpc) is 2.34. The van der Waals surface area contributed by atoms with Crippen molar-refractivity contribution in [2.24, 2.45) is 0 Å². The Morgan fingerprint density at radius 2 is 1.89 bits per heavy atom. The number of carbonyl (C=O) groups excluding carboxylic acids is 1. The van der Waals surface area contributed by atoms with E-state index in [2.05, 4.69) is 21.0 Å². The highest BCUT2D eigenvalue weighted by molar-refractivity contribution is 9.10. The number of aromatic nitrogens is 2. The first kappa shape index (κ1) is 12.5. The smallest absolute Gasteiger partial charge is 0.265 e. The molecular formula is C12H9BrN2O3.